The lowest BCUT2D eigenvalue weighted by molar-refractivity contribution is 0.0698. The zero-order valence-electron chi connectivity index (χ0n) is 7.85. The van der Waals surface area contributed by atoms with Crippen molar-refractivity contribution in [3.63, 3.8) is 0 Å². The van der Waals surface area contributed by atoms with Crippen LogP contribution in [0.5, 0.6) is 0 Å². The quantitative estimate of drug-likeness (QED) is 0.661. The van der Waals surface area contributed by atoms with Gasteiger partial charge in [0.2, 0.25) is 0 Å². The predicted molar refractivity (Wildman–Crippen MR) is 52.8 cm³/mol. The Hall–Kier alpha value is -2.24. The minimum Gasteiger partial charge on any atom is -0.478 e. The number of hydrogen-bond donors (Lipinski definition) is 2. The molecule has 0 amide bonds. The zero-order chi connectivity index (χ0) is 11.2. The summed E-state index contributed by atoms with van der Waals surface area (Å²) in [5.41, 5.74) is 6.06. The summed E-state index contributed by atoms with van der Waals surface area (Å²) in [6, 6.07) is 2.83. The standard InChI is InChI=1S/C9H8N2O4/c1-11-5-3-2-4(8(12)13)6(10)7(5)15-9(11)14/h2-3H,10H2,1H3,(H,12,13). The van der Waals surface area contributed by atoms with E-state index in [-0.39, 0.29) is 16.8 Å². The maximum Gasteiger partial charge on any atom is 0.419 e. The average Bonchev–Trinajstić information content (AvgIpc) is 2.45. The first-order valence-corrected chi connectivity index (χ1v) is 4.13. The van der Waals surface area contributed by atoms with Gasteiger partial charge >= 0.3 is 11.7 Å². The molecule has 0 fully saturated rings. The number of carbonyl (C=O) groups is 1. The van der Waals surface area contributed by atoms with Gasteiger partial charge in [-0.3, -0.25) is 4.57 Å². The van der Waals surface area contributed by atoms with Crippen LogP contribution in [0.25, 0.3) is 11.1 Å². The molecule has 0 radical (unpaired) electrons. The number of carboxylic acid groups (broad SMARTS) is 1. The second kappa shape index (κ2) is 2.88. The van der Waals surface area contributed by atoms with Crippen LogP contribution in [0.15, 0.2) is 21.3 Å². The van der Waals surface area contributed by atoms with Gasteiger partial charge in [0.05, 0.1) is 16.8 Å². The van der Waals surface area contributed by atoms with E-state index in [4.69, 9.17) is 15.3 Å². The Labute approximate surface area is 83.5 Å². The summed E-state index contributed by atoms with van der Waals surface area (Å²) >= 11 is 0. The number of rotatable bonds is 1. The number of aromatic nitrogens is 1. The number of nitrogens with two attached hydrogens (primary N) is 1. The third-order valence-corrected chi connectivity index (χ3v) is 2.23. The van der Waals surface area contributed by atoms with Crippen molar-refractivity contribution < 1.29 is 14.3 Å². The highest BCUT2D eigenvalue weighted by Gasteiger charge is 2.15. The number of benzene rings is 1. The van der Waals surface area contributed by atoms with Gasteiger partial charge in [0, 0.05) is 7.05 Å². The first-order chi connectivity index (χ1) is 7.02. The number of aryl methyl sites for hydroxylation is 1. The number of aromatic carboxylic acids is 1. The molecule has 78 valence electrons. The highest BCUT2D eigenvalue weighted by molar-refractivity contribution is 6.01. The van der Waals surface area contributed by atoms with Crippen LogP contribution in [0.3, 0.4) is 0 Å². The van der Waals surface area contributed by atoms with E-state index >= 15 is 0 Å². The van der Waals surface area contributed by atoms with Crippen LogP contribution in [-0.4, -0.2) is 15.6 Å². The monoisotopic (exact) mass is 208 g/mol. The minimum absolute atomic E-state index is 0.0299. The third-order valence-electron chi connectivity index (χ3n) is 2.23. The second-order valence-corrected chi connectivity index (χ2v) is 3.11. The highest BCUT2D eigenvalue weighted by atomic mass is 16.4. The van der Waals surface area contributed by atoms with E-state index in [1.807, 2.05) is 0 Å². The molecule has 1 aromatic heterocycles. The minimum atomic E-state index is -1.15. The third kappa shape index (κ3) is 1.18. The lowest BCUT2D eigenvalue weighted by Gasteiger charge is -2.00. The SMILES string of the molecule is Cn1c(=O)oc2c(N)c(C(=O)O)ccc21. The van der Waals surface area contributed by atoms with Gasteiger partial charge in [-0.2, -0.15) is 0 Å². The molecule has 1 heterocycles. The second-order valence-electron chi connectivity index (χ2n) is 3.11. The fourth-order valence-electron chi connectivity index (χ4n) is 1.40. The lowest BCUT2D eigenvalue weighted by atomic mass is 10.1. The number of nitrogen functional groups attached to an aromatic ring is 1. The van der Waals surface area contributed by atoms with E-state index in [2.05, 4.69) is 0 Å². The van der Waals surface area contributed by atoms with Crippen molar-refractivity contribution in [2.24, 2.45) is 7.05 Å². The maximum atomic E-state index is 11.2. The molecule has 0 aliphatic carbocycles. The van der Waals surface area contributed by atoms with Crippen LogP contribution < -0.4 is 11.5 Å². The first-order valence-electron chi connectivity index (χ1n) is 4.13. The fraction of sp³-hybridized carbons (Fsp3) is 0.111. The van der Waals surface area contributed by atoms with Crippen LogP contribution in [0.1, 0.15) is 10.4 Å². The molecule has 3 N–H and O–H groups in total. The van der Waals surface area contributed by atoms with Gasteiger partial charge < -0.3 is 15.3 Å². The summed E-state index contributed by atoms with van der Waals surface area (Å²) in [7, 11) is 1.52. The molecule has 2 aromatic rings. The molecule has 0 atom stereocenters. The van der Waals surface area contributed by atoms with Crippen LogP contribution in [0, 0.1) is 0 Å². The molecule has 15 heavy (non-hydrogen) atoms. The van der Waals surface area contributed by atoms with E-state index in [1.54, 1.807) is 0 Å². The summed E-state index contributed by atoms with van der Waals surface area (Å²) in [6.07, 6.45) is 0. The van der Waals surface area contributed by atoms with E-state index in [9.17, 15) is 9.59 Å². The van der Waals surface area contributed by atoms with Gasteiger partial charge in [0.15, 0.2) is 5.58 Å². The van der Waals surface area contributed by atoms with E-state index in [0.717, 1.165) is 0 Å². The number of fused-ring (bicyclic) bond motifs is 1. The molecule has 0 saturated heterocycles. The summed E-state index contributed by atoms with van der Waals surface area (Å²) < 4.78 is 6.10. The molecule has 6 nitrogen and oxygen atoms in total. The topological polar surface area (TPSA) is 98.5 Å². The highest BCUT2D eigenvalue weighted by Crippen LogP contribution is 2.23. The van der Waals surface area contributed by atoms with Crippen molar-refractivity contribution in [3.8, 4) is 0 Å². The molecule has 0 saturated carbocycles. The number of hydrogen-bond acceptors (Lipinski definition) is 4. The smallest absolute Gasteiger partial charge is 0.419 e. The Kier molecular flexibility index (Phi) is 1.79. The largest absolute Gasteiger partial charge is 0.478 e. The summed E-state index contributed by atoms with van der Waals surface area (Å²) in [5.74, 6) is -1.72. The van der Waals surface area contributed by atoms with Crippen molar-refractivity contribution in [2.75, 3.05) is 5.73 Å². The van der Waals surface area contributed by atoms with Crippen LogP contribution >= 0.6 is 0 Å². The van der Waals surface area contributed by atoms with Gasteiger partial charge in [-0.25, -0.2) is 9.59 Å². The average molecular weight is 208 g/mol. The molecular weight excluding hydrogens is 200 g/mol. The van der Waals surface area contributed by atoms with Crippen molar-refractivity contribution in [1.82, 2.24) is 4.57 Å². The lowest BCUT2D eigenvalue weighted by Crippen LogP contribution is -2.08. The van der Waals surface area contributed by atoms with Gasteiger partial charge in [0.1, 0.15) is 0 Å². The number of anilines is 1. The van der Waals surface area contributed by atoms with Crippen molar-refractivity contribution >= 4 is 22.8 Å². The van der Waals surface area contributed by atoms with Crippen molar-refractivity contribution in [3.05, 3.63) is 28.2 Å². The summed E-state index contributed by atoms with van der Waals surface area (Å²) in [6.45, 7) is 0. The number of oxazole rings is 1. The Bertz CT molecular complexity index is 608. The first kappa shape index (κ1) is 9.32. The van der Waals surface area contributed by atoms with Gasteiger partial charge in [-0.05, 0) is 12.1 Å². The molecule has 0 aliphatic rings. The molecular formula is C9H8N2O4. The van der Waals surface area contributed by atoms with E-state index < -0.39 is 11.7 Å². The zero-order valence-corrected chi connectivity index (χ0v) is 7.85. The maximum absolute atomic E-state index is 11.2. The number of carboxylic acids is 1. The van der Waals surface area contributed by atoms with Crippen LogP contribution in [-0.2, 0) is 7.05 Å². The van der Waals surface area contributed by atoms with Crippen LogP contribution in [0.4, 0.5) is 5.69 Å². The van der Waals surface area contributed by atoms with E-state index in [1.165, 1.54) is 23.7 Å². The molecule has 0 aliphatic heterocycles. The molecule has 2 rings (SSSR count). The van der Waals surface area contributed by atoms with Crippen molar-refractivity contribution in [1.29, 1.82) is 0 Å². The molecule has 0 unspecified atom stereocenters. The number of nitrogens with zero attached hydrogens (tertiary/aromatic N) is 1. The molecule has 0 spiro atoms. The van der Waals surface area contributed by atoms with E-state index in [0.29, 0.717) is 5.52 Å². The summed E-state index contributed by atoms with van der Waals surface area (Å²) in [5, 5.41) is 8.79. The molecule has 1 aromatic carbocycles. The normalized spacial score (nSPS) is 10.7. The Morgan fingerprint density at radius 2 is 2.20 bits per heavy atom. The molecule has 6 heteroatoms. The van der Waals surface area contributed by atoms with Crippen LogP contribution in [0.2, 0.25) is 0 Å². The molecule has 0 bridgehead atoms. The Morgan fingerprint density at radius 1 is 1.53 bits per heavy atom. The van der Waals surface area contributed by atoms with Gasteiger partial charge in [-0.1, -0.05) is 0 Å². The van der Waals surface area contributed by atoms with Gasteiger partial charge in [-0.15, -0.1) is 0 Å². The van der Waals surface area contributed by atoms with Crippen molar-refractivity contribution in [2.45, 2.75) is 0 Å². The Balaban J connectivity index is 2.92. The summed E-state index contributed by atoms with van der Waals surface area (Å²) in [4.78, 5) is 21.9. The fourth-order valence-corrected chi connectivity index (χ4v) is 1.40. The Morgan fingerprint density at radius 3 is 2.80 bits per heavy atom. The van der Waals surface area contributed by atoms with Gasteiger partial charge in [0.25, 0.3) is 0 Å². The predicted octanol–water partition coefficient (Wildman–Crippen LogP) is 0.412.